The van der Waals surface area contributed by atoms with Crippen LogP contribution < -0.4 is 0 Å². The predicted molar refractivity (Wildman–Crippen MR) is 44.1 cm³/mol. The molecule has 1 fully saturated rings. The van der Waals surface area contributed by atoms with Crippen LogP contribution in [-0.2, 0) is 21.5 Å². The molecule has 1 radical (unpaired) electrons. The first kappa shape index (κ1) is 14.0. The van der Waals surface area contributed by atoms with Crippen molar-refractivity contribution in [2.45, 2.75) is 12.8 Å². The van der Waals surface area contributed by atoms with Crippen LogP contribution in [0, 0.1) is 13.3 Å². The Kier molecular flexibility index (Phi) is 10.8. The molecule has 1 aliphatic heterocycles. The Hall–Kier alpha value is 0.426. The van der Waals surface area contributed by atoms with Gasteiger partial charge in [0, 0.05) is 13.2 Å². The van der Waals surface area contributed by atoms with Crippen molar-refractivity contribution < 1.29 is 21.5 Å². The Morgan fingerprint density at radius 2 is 2.27 bits per heavy atom. The summed E-state index contributed by atoms with van der Waals surface area (Å²) in [4.78, 5) is 0. The average Bonchev–Trinajstić information content (AvgIpc) is 1.91. The van der Waals surface area contributed by atoms with Gasteiger partial charge in [-0.15, -0.1) is 6.54 Å². The van der Waals surface area contributed by atoms with E-state index in [1.165, 1.54) is 12.8 Å². The summed E-state index contributed by atoms with van der Waals surface area (Å²) < 4.78 is 5.27. The zero-order valence-corrected chi connectivity index (χ0v) is 8.34. The van der Waals surface area contributed by atoms with Crippen molar-refractivity contribution in [1.82, 2.24) is 0 Å². The number of hydrogen-bond donors (Lipinski definition) is 0. The van der Waals surface area contributed by atoms with E-state index in [2.05, 4.69) is 5.32 Å². The summed E-state index contributed by atoms with van der Waals surface area (Å²) in [6.07, 6.45) is 2.53. The zero-order chi connectivity index (χ0) is 6.53. The molecule has 2 nitrogen and oxygen atoms in total. The standard InChI is InChI=1S/C7H14NO.CH3.Co/c1-8-5-7-3-2-4-9-6-7;;/h7H,2-6H2,1H3;1H3;/q2*-1;+2. The molecule has 69 valence electrons. The van der Waals surface area contributed by atoms with Crippen LogP contribution >= 0.6 is 0 Å². The van der Waals surface area contributed by atoms with E-state index in [-0.39, 0.29) is 24.2 Å². The molecule has 1 unspecified atom stereocenters. The van der Waals surface area contributed by atoms with Gasteiger partial charge in [-0.1, -0.05) is 0 Å². The van der Waals surface area contributed by atoms with Gasteiger partial charge in [-0.2, -0.15) is 7.05 Å². The fourth-order valence-corrected chi connectivity index (χ4v) is 1.21. The zero-order valence-electron chi connectivity index (χ0n) is 7.30. The van der Waals surface area contributed by atoms with Gasteiger partial charge in [0.2, 0.25) is 0 Å². The van der Waals surface area contributed by atoms with Gasteiger partial charge in [-0.25, -0.2) is 0 Å². The number of hydrogen-bond acceptors (Lipinski definition) is 1. The van der Waals surface area contributed by atoms with Crippen molar-refractivity contribution in [2.75, 3.05) is 26.8 Å². The molecule has 1 heterocycles. The molecule has 0 saturated carbocycles. The first-order chi connectivity index (χ1) is 4.43. The van der Waals surface area contributed by atoms with Crippen LogP contribution in [0.3, 0.4) is 0 Å². The van der Waals surface area contributed by atoms with Gasteiger partial charge in [0.1, 0.15) is 0 Å². The first-order valence-electron chi connectivity index (χ1n) is 3.57. The smallest absolute Gasteiger partial charge is 0.665 e. The summed E-state index contributed by atoms with van der Waals surface area (Å²) in [5, 5.41) is 4.08. The maximum atomic E-state index is 5.27. The molecule has 1 aliphatic rings. The minimum atomic E-state index is 0. The molecule has 0 N–H and O–H groups in total. The van der Waals surface area contributed by atoms with Crippen molar-refractivity contribution in [3.8, 4) is 0 Å². The SMILES string of the molecule is C[N-]CC1CCCOC1.[CH3-].[Co+2]. The molecule has 0 aliphatic carbocycles. The largest absolute Gasteiger partial charge is 2.00 e. The van der Waals surface area contributed by atoms with E-state index in [1.807, 2.05) is 7.05 Å². The Bertz CT molecular complexity index is 71.7. The maximum Gasteiger partial charge on any atom is 2.00 e. The monoisotopic (exact) mass is 202 g/mol. The van der Waals surface area contributed by atoms with E-state index in [0.29, 0.717) is 5.92 Å². The third-order valence-corrected chi connectivity index (χ3v) is 1.70. The fraction of sp³-hybridized carbons (Fsp3) is 0.875. The number of rotatable bonds is 2. The molecule has 0 aromatic heterocycles. The van der Waals surface area contributed by atoms with Crippen molar-refractivity contribution in [1.29, 1.82) is 0 Å². The minimum absolute atomic E-state index is 0. The molecule has 0 amide bonds. The molecule has 11 heavy (non-hydrogen) atoms. The summed E-state index contributed by atoms with van der Waals surface area (Å²) >= 11 is 0. The van der Waals surface area contributed by atoms with Crippen molar-refractivity contribution in [3.63, 3.8) is 0 Å². The molecule has 0 aromatic carbocycles. The van der Waals surface area contributed by atoms with Crippen LogP contribution in [0.5, 0.6) is 0 Å². The van der Waals surface area contributed by atoms with Gasteiger partial charge in [-0.3, -0.25) is 0 Å². The molecule has 0 aromatic rings. The molecule has 1 rings (SSSR count). The van der Waals surface area contributed by atoms with Crippen LogP contribution in [0.15, 0.2) is 0 Å². The number of nitrogens with zero attached hydrogens (tertiary/aromatic N) is 1. The second-order valence-electron chi connectivity index (χ2n) is 2.58. The van der Waals surface area contributed by atoms with Crippen LogP contribution in [-0.4, -0.2) is 26.8 Å². The summed E-state index contributed by atoms with van der Waals surface area (Å²) in [7, 11) is 1.87. The van der Waals surface area contributed by atoms with Gasteiger partial charge in [0.25, 0.3) is 0 Å². The van der Waals surface area contributed by atoms with Crippen molar-refractivity contribution in [2.24, 2.45) is 5.92 Å². The third-order valence-electron chi connectivity index (χ3n) is 1.70. The van der Waals surface area contributed by atoms with E-state index in [0.717, 1.165) is 19.8 Å². The van der Waals surface area contributed by atoms with Crippen LogP contribution in [0.2, 0.25) is 0 Å². The second kappa shape index (κ2) is 8.52. The van der Waals surface area contributed by atoms with Gasteiger partial charge < -0.3 is 17.5 Å². The molecular weight excluding hydrogens is 185 g/mol. The molecule has 0 bridgehead atoms. The van der Waals surface area contributed by atoms with Crippen molar-refractivity contribution >= 4 is 0 Å². The second-order valence-corrected chi connectivity index (χ2v) is 2.58. The van der Waals surface area contributed by atoms with Gasteiger partial charge >= 0.3 is 16.8 Å². The van der Waals surface area contributed by atoms with Crippen LogP contribution in [0.1, 0.15) is 12.8 Å². The minimum Gasteiger partial charge on any atom is -0.665 e. The Morgan fingerprint density at radius 3 is 2.73 bits per heavy atom. The molecule has 1 atom stereocenters. The van der Waals surface area contributed by atoms with Gasteiger partial charge in [0.05, 0.1) is 0 Å². The predicted octanol–water partition coefficient (Wildman–Crippen LogP) is 1.86. The van der Waals surface area contributed by atoms with E-state index < -0.39 is 0 Å². The first-order valence-corrected chi connectivity index (χ1v) is 3.57. The molecule has 1 saturated heterocycles. The molecule has 3 heteroatoms. The summed E-state index contributed by atoms with van der Waals surface area (Å²) in [5.41, 5.74) is 0. The fourth-order valence-electron chi connectivity index (χ4n) is 1.21. The Labute approximate surface area is 80.3 Å². The Morgan fingerprint density at radius 1 is 1.55 bits per heavy atom. The van der Waals surface area contributed by atoms with Gasteiger partial charge in [-0.05, 0) is 18.8 Å². The quantitative estimate of drug-likeness (QED) is 0.627. The third kappa shape index (κ3) is 5.67. The van der Waals surface area contributed by atoms with Gasteiger partial charge in [0.15, 0.2) is 0 Å². The van der Waals surface area contributed by atoms with E-state index in [9.17, 15) is 0 Å². The normalized spacial score (nSPS) is 23.2. The van der Waals surface area contributed by atoms with E-state index in [4.69, 9.17) is 4.74 Å². The van der Waals surface area contributed by atoms with Crippen molar-refractivity contribution in [3.05, 3.63) is 12.7 Å². The van der Waals surface area contributed by atoms with Crippen LogP contribution in [0.25, 0.3) is 5.32 Å². The summed E-state index contributed by atoms with van der Waals surface area (Å²) in [5.74, 6) is 0.712. The van der Waals surface area contributed by atoms with E-state index >= 15 is 0 Å². The topological polar surface area (TPSA) is 23.3 Å². The summed E-state index contributed by atoms with van der Waals surface area (Å²) in [6, 6.07) is 0. The Balaban J connectivity index is 0. The summed E-state index contributed by atoms with van der Waals surface area (Å²) in [6.45, 7) is 2.87. The molecular formula is C8H17CoNO. The van der Waals surface area contributed by atoms with Crippen LogP contribution in [0.4, 0.5) is 0 Å². The molecule has 0 spiro atoms. The average molecular weight is 202 g/mol. The number of ether oxygens (including phenoxy) is 1. The van der Waals surface area contributed by atoms with E-state index in [1.54, 1.807) is 0 Å². The maximum absolute atomic E-state index is 5.27.